The molecule has 6 aromatic rings. The summed E-state index contributed by atoms with van der Waals surface area (Å²) in [7, 11) is 7.35. The van der Waals surface area contributed by atoms with Crippen LogP contribution in [-0.2, 0) is 19.1 Å². The van der Waals surface area contributed by atoms with Gasteiger partial charge >= 0.3 is 11.9 Å². The minimum absolute atomic E-state index is 0.365. The minimum Gasteiger partial charge on any atom is -0.484 e. The van der Waals surface area contributed by atoms with Gasteiger partial charge in [0.05, 0.1) is 0 Å². The van der Waals surface area contributed by atoms with Gasteiger partial charge in [-0.3, -0.25) is 9.80 Å². The van der Waals surface area contributed by atoms with Crippen LogP contribution in [0.5, 0.6) is 11.5 Å². The van der Waals surface area contributed by atoms with Gasteiger partial charge in [-0.15, -0.1) is 22.7 Å². The molecule has 0 aliphatic carbocycles. The fourth-order valence-electron chi connectivity index (χ4n) is 5.87. The van der Waals surface area contributed by atoms with Gasteiger partial charge in [0.2, 0.25) is 0 Å². The first-order valence-corrected chi connectivity index (χ1v) is 18.8. The van der Waals surface area contributed by atoms with Crippen molar-refractivity contribution < 1.29 is 28.5 Å². The van der Waals surface area contributed by atoms with Crippen molar-refractivity contribution in [2.75, 3.05) is 28.2 Å². The van der Waals surface area contributed by atoms with Gasteiger partial charge in [-0.1, -0.05) is 84.9 Å². The third kappa shape index (κ3) is 9.45. The van der Waals surface area contributed by atoms with Gasteiger partial charge in [-0.05, 0) is 74.0 Å². The van der Waals surface area contributed by atoms with Gasteiger partial charge in [0.25, 0.3) is 0 Å². The lowest BCUT2D eigenvalue weighted by Gasteiger charge is -2.28. The Morgan fingerprint density at radius 2 is 0.962 bits per heavy atom. The molecule has 4 aromatic carbocycles. The SMILES string of the molecule is CN(C)C(C[C@@H](Oc1cccc2ccccc12)c1cccs1)OC(=O)/C=C\C(=O)OC(C[C@@H](Oc1cccc2ccccc12)c1cccs1)N(C)C. The van der Waals surface area contributed by atoms with E-state index in [1.54, 1.807) is 22.7 Å². The minimum atomic E-state index is -0.664. The Bertz CT molecular complexity index is 1930. The number of esters is 2. The van der Waals surface area contributed by atoms with Gasteiger partial charge < -0.3 is 18.9 Å². The molecule has 268 valence electrons. The first-order chi connectivity index (χ1) is 25.2. The summed E-state index contributed by atoms with van der Waals surface area (Å²) in [6.45, 7) is 0. The standard InChI is InChI=1S/C42H42N2O6S2/c1-43(2)39(27-35(37-21-11-25-51-37)47-33-19-9-15-29-13-5-7-17-31(29)33)49-41(45)23-24-42(46)50-40(44(3)4)28-36(38-22-12-26-52-38)48-34-20-10-16-30-14-6-8-18-32(30)34/h5-26,35-36,39-40H,27-28H2,1-4H3/b24-23-/t35-,36-,39?,40?/m1/s1. The zero-order valence-corrected chi connectivity index (χ0v) is 31.2. The average Bonchev–Trinajstić information content (AvgIpc) is 3.89. The number of carbonyl (C=O) groups is 2. The van der Waals surface area contributed by atoms with Crippen molar-refractivity contribution in [2.24, 2.45) is 0 Å². The van der Waals surface area contributed by atoms with Crippen molar-refractivity contribution in [2.45, 2.75) is 37.5 Å². The van der Waals surface area contributed by atoms with E-state index in [9.17, 15) is 9.59 Å². The van der Waals surface area contributed by atoms with Gasteiger partial charge in [0.15, 0.2) is 12.5 Å². The van der Waals surface area contributed by atoms with Gasteiger partial charge in [-0.2, -0.15) is 0 Å². The number of ether oxygens (including phenoxy) is 4. The largest absolute Gasteiger partial charge is 0.484 e. The van der Waals surface area contributed by atoms with Gasteiger partial charge in [0, 0.05) is 45.5 Å². The molecule has 2 heterocycles. The lowest BCUT2D eigenvalue weighted by Crippen LogP contribution is -2.35. The highest BCUT2D eigenvalue weighted by Gasteiger charge is 2.27. The van der Waals surface area contributed by atoms with E-state index >= 15 is 0 Å². The summed E-state index contributed by atoms with van der Waals surface area (Å²) in [5.41, 5.74) is 0. The zero-order valence-electron chi connectivity index (χ0n) is 29.6. The second-order valence-corrected chi connectivity index (χ2v) is 14.7. The molecular weight excluding hydrogens is 693 g/mol. The Morgan fingerprint density at radius 3 is 1.35 bits per heavy atom. The molecule has 0 aliphatic heterocycles. The Balaban J connectivity index is 1.11. The maximum Gasteiger partial charge on any atom is 0.332 e. The van der Waals surface area contributed by atoms with Gasteiger partial charge in [-0.25, -0.2) is 9.59 Å². The molecule has 0 fully saturated rings. The van der Waals surface area contributed by atoms with E-state index in [1.165, 1.54) is 0 Å². The Morgan fingerprint density at radius 1 is 0.558 bits per heavy atom. The molecule has 0 saturated carbocycles. The molecule has 2 unspecified atom stereocenters. The summed E-state index contributed by atoms with van der Waals surface area (Å²) in [5.74, 6) is 0.176. The van der Waals surface area contributed by atoms with Crippen molar-refractivity contribution >= 4 is 56.2 Å². The molecule has 8 nitrogen and oxygen atoms in total. The van der Waals surface area contributed by atoms with Crippen molar-refractivity contribution in [1.29, 1.82) is 0 Å². The highest BCUT2D eigenvalue weighted by atomic mass is 32.1. The van der Waals surface area contributed by atoms with Crippen LogP contribution in [0, 0.1) is 0 Å². The summed E-state index contributed by atoms with van der Waals surface area (Å²) < 4.78 is 24.9. The van der Waals surface area contributed by atoms with Crippen LogP contribution in [0.15, 0.2) is 132 Å². The van der Waals surface area contributed by atoms with Crippen LogP contribution in [0.4, 0.5) is 0 Å². The summed E-state index contributed by atoms with van der Waals surface area (Å²) in [5, 5.41) is 8.16. The second-order valence-electron chi connectivity index (χ2n) is 12.7. The molecule has 0 N–H and O–H groups in total. The third-order valence-electron chi connectivity index (χ3n) is 8.60. The molecule has 0 saturated heterocycles. The van der Waals surface area contributed by atoms with Crippen LogP contribution < -0.4 is 9.47 Å². The van der Waals surface area contributed by atoms with Crippen LogP contribution in [0.1, 0.15) is 34.8 Å². The predicted octanol–water partition coefficient (Wildman–Crippen LogP) is 9.25. The molecule has 0 bridgehead atoms. The van der Waals surface area contributed by atoms with Crippen LogP contribution in [0.25, 0.3) is 21.5 Å². The highest BCUT2D eigenvalue weighted by Crippen LogP contribution is 2.36. The summed E-state index contributed by atoms with van der Waals surface area (Å²) >= 11 is 3.17. The molecule has 0 radical (unpaired) electrons. The van der Waals surface area contributed by atoms with E-state index in [0.717, 1.165) is 55.0 Å². The molecule has 0 aliphatic rings. The maximum atomic E-state index is 13.1. The molecule has 52 heavy (non-hydrogen) atoms. The van der Waals surface area contributed by atoms with Crippen LogP contribution in [-0.4, -0.2) is 62.4 Å². The maximum absolute atomic E-state index is 13.1. The Kier molecular flexibility index (Phi) is 12.4. The lowest BCUT2D eigenvalue weighted by molar-refractivity contribution is -0.156. The van der Waals surface area contributed by atoms with Crippen molar-refractivity contribution in [3.05, 3.63) is 142 Å². The average molecular weight is 735 g/mol. The summed E-state index contributed by atoms with van der Waals surface area (Å²) in [6, 6.07) is 36.1. The number of fused-ring (bicyclic) bond motifs is 2. The van der Waals surface area contributed by atoms with Crippen molar-refractivity contribution in [3.63, 3.8) is 0 Å². The predicted molar refractivity (Wildman–Crippen MR) is 209 cm³/mol. The molecule has 10 heteroatoms. The van der Waals surface area contributed by atoms with Crippen molar-refractivity contribution in [1.82, 2.24) is 9.80 Å². The highest BCUT2D eigenvalue weighted by molar-refractivity contribution is 7.10. The summed E-state index contributed by atoms with van der Waals surface area (Å²) in [6.07, 6.45) is 0.918. The van der Waals surface area contributed by atoms with E-state index < -0.39 is 24.4 Å². The number of carbonyl (C=O) groups excluding carboxylic acids is 2. The summed E-state index contributed by atoms with van der Waals surface area (Å²) in [4.78, 5) is 31.9. The molecule has 4 atom stereocenters. The number of benzene rings is 4. The molecule has 0 spiro atoms. The molecule has 0 amide bonds. The Labute approximate surface area is 312 Å². The third-order valence-corrected chi connectivity index (χ3v) is 10.5. The number of rotatable bonds is 16. The number of nitrogens with zero attached hydrogens (tertiary/aromatic N) is 2. The van der Waals surface area contributed by atoms with Gasteiger partial charge in [0.1, 0.15) is 23.7 Å². The van der Waals surface area contributed by atoms with E-state index in [2.05, 4.69) is 0 Å². The molecule has 6 rings (SSSR count). The Hall–Kier alpha value is -5.00. The van der Waals surface area contributed by atoms with Crippen LogP contribution in [0.2, 0.25) is 0 Å². The van der Waals surface area contributed by atoms with E-state index in [-0.39, 0.29) is 12.2 Å². The number of hydrogen-bond donors (Lipinski definition) is 0. The van der Waals surface area contributed by atoms with E-state index in [1.807, 2.05) is 158 Å². The fourth-order valence-corrected chi connectivity index (χ4v) is 7.41. The van der Waals surface area contributed by atoms with Crippen molar-refractivity contribution in [3.8, 4) is 11.5 Å². The van der Waals surface area contributed by atoms with E-state index in [0.29, 0.717) is 12.8 Å². The number of thiophene rings is 2. The monoisotopic (exact) mass is 734 g/mol. The van der Waals surface area contributed by atoms with Crippen LogP contribution in [0.3, 0.4) is 0 Å². The van der Waals surface area contributed by atoms with Crippen LogP contribution >= 0.6 is 22.7 Å². The first-order valence-electron chi connectivity index (χ1n) is 17.0. The van der Waals surface area contributed by atoms with E-state index in [4.69, 9.17) is 18.9 Å². The second kappa shape index (κ2) is 17.5. The quantitative estimate of drug-likeness (QED) is 0.0554. The molecular formula is C42H42N2O6S2. The smallest absolute Gasteiger partial charge is 0.332 e. The topological polar surface area (TPSA) is 77.5 Å². The lowest BCUT2D eigenvalue weighted by atomic mass is 10.1. The fraction of sp³-hybridized carbons (Fsp3) is 0.238. The zero-order chi connectivity index (χ0) is 36.5. The molecule has 2 aromatic heterocycles. The first kappa shape index (κ1) is 36.8. The number of hydrogen-bond acceptors (Lipinski definition) is 10. The normalized spacial score (nSPS) is 14.0.